The molecule has 1 heterocycles. The van der Waals surface area contributed by atoms with Crippen molar-refractivity contribution in [2.24, 2.45) is 0 Å². The monoisotopic (exact) mass is 160 g/mol. The van der Waals surface area contributed by atoms with Gasteiger partial charge in [-0.2, -0.15) is 0 Å². The Hall–Kier alpha value is -1.35. The van der Waals surface area contributed by atoms with Gasteiger partial charge >= 0.3 is 0 Å². The molecule has 0 saturated heterocycles. The molecule has 3 nitrogen and oxygen atoms in total. The predicted octanol–water partition coefficient (Wildman–Crippen LogP) is 0.664. The quantitative estimate of drug-likeness (QED) is 0.604. The molecule has 1 aromatic carbocycles. The minimum Gasteiger partial charge on any atom is -0.284 e. The lowest BCUT2D eigenvalue weighted by molar-refractivity contribution is 0.0843. The van der Waals surface area contributed by atoms with Gasteiger partial charge < -0.3 is 0 Å². The van der Waals surface area contributed by atoms with Gasteiger partial charge in [-0.15, -0.1) is 0 Å². The molecule has 1 N–H and O–H groups in total. The molecule has 1 aliphatic heterocycles. The number of hydrazine groups is 1. The minimum absolute atomic E-state index is 0.0770. The molecule has 0 atom stereocenters. The second-order valence-corrected chi connectivity index (χ2v) is 2.66. The van der Waals surface area contributed by atoms with E-state index in [9.17, 15) is 4.79 Å². The maximum absolute atomic E-state index is 11.3. The molecule has 12 heavy (non-hydrogen) atoms. The van der Waals surface area contributed by atoms with Gasteiger partial charge in [-0.3, -0.25) is 10.2 Å². The van der Waals surface area contributed by atoms with Crippen LogP contribution >= 0.6 is 0 Å². The van der Waals surface area contributed by atoms with Crippen LogP contribution in [-0.2, 0) is 0 Å². The molecule has 0 fully saturated rings. The summed E-state index contributed by atoms with van der Waals surface area (Å²) in [6.45, 7) is 2.99. The molecular formula is C9H8N2O. The first-order valence-electron chi connectivity index (χ1n) is 3.68. The van der Waals surface area contributed by atoms with Crippen LogP contribution in [0.4, 0.5) is 0 Å². The highest BCUT2D eigenvalue weighted by molar-refractivity contribution is 5.96. The van der Waals surface area contributed by atoms with E-state index < -0.39 is 0 Å². The van der Waals surface area contributed by atoms with E-state index >= 15 is 0 Å². The first-order valence-corrected chi connectivity index (χ1v) is 3.68. The van der Waals surface area contributed by atoms with Crippen LogP contribution in [0.15, 0.2) is 24.3 Å². The van der Waals surface area contributed by atoms with E-state index in [1.165, 1.54) is 5.01 Å². The Morgan fingerprint density at radius 1 is 1.42 bits per heavy atom. The minimum atomic E-state index is -0.0770. The number of rotatable bonds is 0. The van der Waals surface area contributed by atoms with Gasteiger partial charge in [0.15, 0.2) is 0 Å². The van der Waals surface area contributed by atoms with Crippen LogP contribution in [-0.4, -0.2) is 18.0 Å². The van der Waals surface area contributed by atoms with Crippen molar-refractivity contribution < 1.29 is 4.79 Å². The number of nitrogens with zero attached hydrogens (tertiary/aromatic N) is 1. The summed E-state index contributed by atoms with van der Waals surface area (Å²) in [4.78, 5) is 11.3. The topological polar surface area (TPSA) is 32.3 Å². The molecule has 2 rings (SSSR count). The fourth-order valence-corrected chi connectivity index (χ4v) is 1.20. The second kappa shape index (κ2) is 2.60. The van der Waals surface area contributed by atoms with Crippen LogP contribution < -0.4 is 5.43 Å². The molecule has 0 bridgehead atoms. The van der Waals surface area contributed by atoms with Gasteiger partial charge in [0.05, 0.1) is 0 Å². The molecule has 3 heteroatoms. The highest BCUT2D eigenvalue weighted by Gasteiger charge is 2.19. The summed E-state index contributed by atoms with van der Waals surface area (Å²) in [5.74, 6) is -0.0770. The summed E-state index contributed by atoms with van der Waals surface area (Å²) < 4.78 is 0. The number of amides is 1. The Morgan fingerprint density at radius 3 is 3.00 bits per heavy atom. The third-order valence-electron chi connectivity index (χ3n) is 1.73. The average Bonchev–Trinajstić information content (AvgIpc) is 2.04. The first kappa shape index (κ1) is 7.31. The van der Waals surface area contributed by atoms with Crippen molar-refractivity contribution in [3.05, 3.63) is 41.9 Å². The highest BCUT2D eigenvalue weighted by Crippen LogP contribution is 2.15. The van der Waals surface area contributed by atoms with E-state index in [1.54, 1.807) is 13.1 Å². The molecule has 0 unspecified atom stereocenters. The molecular weight excluding hydrogens is 152 g/mol. The Labute approximate surface area is 71.0 Å². The summed E-state index contributed by atoms with van der Waals surface area (Å²) in [7, 11) is 1.74. The molecule has 0 aromatic heterocycles. The largest absolute Gasteiger partial charge is 0.284 e. The average molecular weight is 160 g/mol. The standard InChI is InChI=1S/C9H8N2O/c1-11-6-7-4-2-3-5-8(7)9(12)10-11/h2-5H,1H3,(H,10,12). The number of carbonyl (C=O) groups is 1. The van der Waals surface area contributed by atoms with Gasteiger partial charge in [0, 0.05) is 12.6 Å². The smallest absolute Gasteiger partial charge is 0.265 e. The zero-order valence-electron chi connectivity index (χ0n) is 6.66. The van der Waals surface area contributed by atoms with E-state index in [0.717, 1.165) is 5.56 Å². The lowest BCUT2D eigenvalue weighted by atomic mass is 10.1. The summed E-state index contributed by atoms with van der Waals surface area (Å²) in [6, 6.07) is 7.37. The number of nitrogens with one attached hydrogen (secondary N) is 1. The summed E-state index contributed by atoms with van der Waals surface area (Å²) in [6.07, 6.45) is 0. The number of fused-ring (bicyclic) bond motifs is 1. The zero-order valence-corrected chi connectivity index (χ0v) is 6.66. The molecule has 2 radical (unpaired) electrons. The molecule has 1 amide bonds. The van der Waals surface area contributed by atoms with Gasteiger partial charge in [0.1, 0.15) is 6.54 Å². The lowest BCUT2D eigenvalue weighted by Gasteiger charge is -2.23. The zero-order chi connectivity index (χ0) is 8.55. The van der Waals surface area contributed by atoms with Crippen molar-refractivity contribution in [3.8, 4) is 0 Å². The van der Waals surface area contributed by atoms with Crippen LogP contribution in [0.5, 0.6) is 0 Å². The third kappa shape index (κ3) is 1.08. The maximum Gasteiger partial charge on any atom is 0.265 e. The van der Waals surface area contributed by atoms with Crippen LogP contribution in [0, 0.1) is 6.54 Å². The summed E-state index contributed by atoms with van der Waals surface area (Å²) in [5.41, 5.74) is 4.13. The molecule has 60 valence electrons. The Kier molecular flexibility index (Phi) is 1.59. The normalized spacial score (nSPS) is 16.9. The van der Waals surface area contributed by atoms with E-state index in [4.69, 9.17) is 0 Å². The highest BCUT2D eigenvalue weighted by atomic mass is 16.2. The van der Waals surface area contributed by atoms with Crippen molar-refractivity contribution in [1.29, 1.82) is 0 Å². The van der Waals surface area contributed by atoms with Crippen molar-refractivity contribution in [1.82, 2.24) is 10.4 Å². The third-order valence-corrected chi connectivity index (χ3v) is 1.73. The number of hydrogen-bond acceptors (Lipinski definition) is 2. The van der Waals surface area contributed by atoms with Crippen LogP contribution in [0.3, 0.4) is 0 Å². The van der Waals surface area contributed by atoms with Gasteiger partial charge in [0.2, 0.25) is 0 Å². The number of carbonyl (C=O) groups excluding carboxylic acids is 1. The number of hydrogen-bond donors (Lipinski definition) is 1. The van der Waals surface area contributed by atoms with E-state index in [0.29, 0.717) is 5.56 Å². The van der Waals surface area contributed by atoms with Gasteiger partial charge in [-0.25, -0.2) is 5.01 Å². The Balaban J connectivity index is 2.47. The van der Waals surface area contributed by atoms with Crippen molar-refractivity contribution in [2.45, 2.75) is 0 Å². The first-order chi connectivity index (χ1) is 5.77. The fourth-order valence-electron chi connectivity index (χ4n) is 1.20. The van der Waals surface area contributed by atoms with Crippen molar-refractivity contribution in [2.75, 3.05) is 7.05 Å². The van der Waals surface area contributed by atoms with E-state index in [-0.39, 0.29) is 5.91 Å². The van der Waals surface area contributed by atoms with E-state index in [1.807, 2.05) is 18.2 Å². The molecule has 1 aromatic rings. The maximum atomic E-state index is 11.3. The van der Waals surface area contributed by atoms with Crippen LogP contribution in [0.25, 0.3) is 0 Å². The molecule has 0 aliphatic carbocycles. The summed E-state index contributed by atoms with van der Waals surface area (Å²) >= 11 is 0. The van der Waals surface area contributed by atoms with Gasteiger partial charge in [-0.05, 0) is 11.6 Å². The van der Waals surface area contributed by atoms with Crippen molar-refractivity contribution in [3.63, 3.8) is 0 Å². The van der Waals surface area contributed by atoms with Crippen LogP contribution in [0.2, 0.25) is 0 Å². The van der Waals surface area contributed by atoms with Crippen LogP contribution in [0.1, 0.15) is 15.9 Å². The van der Waals surface area contributed by atoms with Crippen molar-refractivity contribution >= 4 is 5.91 Å². The van der Waals surface area contributed by atoms with E-state index in [2.05, 4.69) is 12.0 Å². The number of benzene rings is 1. The van der Waals surface area contributed by atoms with Gasteiger partial charge in [-0.1, -0.05) is 18.2 Å². The predicted molar refractivity (Wildman–Crippen MR) is 44.0 cm³/mol. The van der Waals surface area contributed by atoms with Gasteiger partial charge in [0.25, 0.3) is 5.91 Å². The second-order valence-electron chi connectivity index (χ2n) is 2.66. The molecule has 0 saturated carbocycles. The SMILES string of the molecule is CN1[C]c2ccccc2C(=O)N1. The molecule has 1 aliphatic rings. The Morgan fingerprint density at radius 2 is 2.17 bits per heavy atom. The fraction of sp³-hybridized carbons (Fsp3) is 0.111. The molecule has 0 spiro atoms. The Bertz CT molecular complexity index is 322. The summed E-state index contributed by atoms with van der Waals surface area (Å²) in [5, 5.41) is 1.53. The lowest BCUT2D eigenvalue weighted by Crippen LogP contribution is -2.42.